The van der Waals surface area contributed by atoms with Gasteiger partial charge in [0.25, 0.3) is 0 Å². The van der Waals surface area contributed by atoms with E-state index in [2.05, 4.69) is 0 Å². The normalized spacial score (nSPS) is 14.1. The monoisotopic (exact) mass is 244 g/mol. The Morgan fingerprint density at radius 1 is 1.17 bits per heavy atom. The topological polar surface area (TPSA) is 60.4 Å². The molecule has 0 atom stereocenters. The fourth-order valence-corrected chi connectivity index (χ4v) is 2.03. The predicted molar refractivity (Wildman–Crippen MR) is 64.9 cm³/mol. The van der Waals surface area contributed by atoms with Crippen LogP contribution in [0.15, 0.2) is 24.0 Å². The third-order valence-corrected chi connectivity index (χ3v) is 2.96. The smallest absolute Gasteiger partial charge is 0.228 e. The Morgan fingerprint density at radius 2 is 1.83 bits per heavy atom. The lowest BCUT2D eigenvalue weighted by atomic mass is 9.89. The molecule has 92 valence electrons. The largest absolute Gasteiger partial charge is 0.492 e. The molecular weight excluding hydrogens is 232 g/mol. The first kappa shape index (κ1) is 12.2. The molecule has 0 fully saturated rings. The molecular formula is C14H12O4. The van der Waals surface area contributed by atoms with Gasteiger partial charge in [0.2, 0.25) is 5.78 Å². The number of aryl methyl sites for hydroxylation is 1. The summed E-state index contributed by atoms with van der Waals surface area (Å²) in [7, 11) is 1.35. The highest BCUT2D eigenvalue weighted by Crippen LogP contribution is 2.25. The van der Waals surface area contributed by atoms with Crippen LogP contribution in [0, 0.1) is 6.92 Å². The van der Waals surface area contributed by atoms with E-state index in [0.717, 1.165) is 6.08 Å². The van der Waals surface area contributed by atoms with Crippen LogP contribution in [-0.2, 0) is 4.74 Å². The van der Waals surface area contributed by atoms with Gasteiger partial charge in [-0.25, -0.2) is 0 Å². The van der Waals surface area contributed by atoms with Crippen molar-refractivity contribution in [1.29, 1.82) is 0 Å². The van der Waals surface area contributed by atoms with Crippen molar-refractivity contribution in [2.45, 2.75) is 13.8 Å². The molecule has 2 rings (SSSR count). The van der Waals surface area contributed by atoms with Crippen LogP contribution in [0.25, 0.3) is 0 Å². The molecule has 0 heterocycles. The summed E-state index contributed by atoms with van der Waals surface area (Å²) in [6.45, 7) is 3.17. The lowest BCUT2D eigenvalue weighted by Crippen LogP contribution is -2.19. The molecule has 0 saturated heterocycles. The fourth-order valence-electron chi connectivity index (χ4n) is 2.03. The van der Waals surface area contributed by atoms with Crippen molar-refractivity contribution in [1.82, 2.24) is 0 Å². The van der Waals surface area contributed by atoms with E-state index in [1.807, 2.05) is 0 Å². The maximum Gasteiger partial charge on any atom is 0.228 e. The second-order valence-corrected chi connectivity index (χ2v) is 4.17. The number of hydrogen-bond donors (Lipinski definition) is 0. The number of ketones is 3. The minimum atomic E-state index is -0.328. The summed E-state index contributed by atoms with van der Waals surface area (Å²) < 4.78 is 4.87. The molecule has 4 heteroatoms. The number of allylic oxidation sites excluding steroid dienone is 2. The van der Waals surface area contributed by atoms with Crippen molar-refractivity contribution in [2.24, 2.45) is 0 Å². The third kappa shape index (κ3) is 1.76. The van der Waals surface area contributed by atoms with E-state index in [0.29, 0.717) is 16.7 Å². The average Bonchev–Trinajstić information content (AvgIpc) is 2.32. The van der Waals surface area contributed by atoms with Gasteiger partial charge in [-0.3, -0.25) is 14.4 Å². The van der Waals surface area contributed by atoms with Gasteiger partial charge in [0.15, 0.2) is 17.3 Å². The van der Waals surface area contributed by atoms with Crippen LogP contribution >= 0.6 is 0 Å². The molecule has 18 heavy (non-hydrogen) atoms. The Balaban J connectivity index is 2.67. The second kappa shape index (κ2) is 4.22. The molecule has 0 saturated carbocycles. The zero-order chi connectivity index (χ0) is 13.4. The van der Waals surface area contributed by atoms with Crippen molar-refractivity contribution in [3.8, 4) is 0 Å². The van der Waals surface area contributed by atoms with Crippen LogP contribution in [-0.4, -0.2) is 24.5 Å². The summed E-state index contributed by atoms with van der Waals surface area (Å²) in [5, 5.41) is 0. The van der Waals surface area contributed by atoms with Crippen molar-refractivity contribution in [3.05, 3.63) is 46.2 Å². The quantitative estimate of drug-likeness (QED) is 0.747. The van der Waals surface area contributed by atoms with Crippen molar-refractivity contribution >= 4 is 17.3 Å². The summed E-state index contributed by atoms with van der Waals surface area (Å²) in [6, 6.07) is 3.05. The fraction of sp³-hybridized carbons (Fsp3) is 0.214. The predicted octanol–water partition coefficient (Wildman–Crippen LogP) is 2.11. The van der Waals surface area contributed by atoms with Crippen LogP contribution in [0.3, 0.4) is 0 Å². The van der Waals surface area contributed by atoms with Gasteiger partial charge >= 0.3 is 0 Å². The minimum Gasteiger partial charge on any atom is -0.492 e. The van der Waals surface area contributed by atoms with Crippen LogP contribution in [0.5, 0.6) is 0 Å². The maximum absolute atomic E-state index is 12.0. The van der Waals surface area contributed by atoms with E-state index >= 15 is 0 Å². The molecule has 1 aliphatic rings. The number of benzene rings is 1. The number of hydrogen-bond acceptors (Lipinski definition) is 4. The summed E-state index contributed by atoms with van der Waals surface area (Å²) in [5.74, 6) is -0.742. The molecule has 0 N–H and O–H groups in total. The van der Waals surface area contributed by atoms with Gasteiger partial charge in [-0.2, -0.15) is 0 Å². The summed E-state index contributed by atoms with van der Waals surface area (Å²) >= 11 is 0. The molecule has 0 aromatic heterocycles. The first-order valence-electron chi connectivity index (χ1n) is 5.46. The molecule has 0 spiro atoms. The molecule has 1 aromatic carbocycles. The van der Waals surface area contributed by atoms with Crippen molar-refractivity contribution in [3.63, 3.8) is 0 Å². The Hall–Kier alpha value is -2.23. The summed E-state index contributed by atoms with van der Waals surface area (Å²) in [5.41, 5.74) is 1.70. The van der Waals surface area contributed by atoms with E-state index in [1.165, 1.54) is 20.1 Å². The molecule has 4 nitrogen and oxygen atoms in total. The zero-order valence-electron chi connectivity index (χ0n) is 10.4. The highest BCUT2D eigenvalue weighted by Gasteiger charge is 2.27. The van der Waals surface area contributed by atoms with Gasteiger partial charge in [-0.15, -0.1) is 0 Å². The minimum absolute atomic E-state index is 0.0301. The molecule has 0 aliphatic heterocycles. The highest BCUT2D eigenvalue weighted by atomic mass is 16.5. The van der Waals surface area contributed by atoms with E-state index < -0.39 is 0 Å². The van der Waals surface area contributed by atoms with E-state index in [1.54, 1.807) is 13.0 Å². The summed E-state index contributed by atoms with van der Waals surface area (Å²) in [4.78, 5) is 35.3. The van der Waals surface area contributed by atoms with Crippen LogP contribution in [0.4, 0.5) is 0 Å². The Labute approximate surface area is 104 Å². The van der Waals surface area contributed by atoms with Gasteiger partial charge in [0, 0.05) is 22.8 Å². The molecule has 0 amide bonds. The van der Waals surface area contributed by atoms with Crippen molar-refractivity contribution < 1.29 is 19.1 Å². The standard InChI is InChI=1S/C14H12O4/c1-7-4-11-10(5-9(7)8(2)15)12(16)6-13(18-3)14(11)17/h4-6H,1-3H3. The van der Waals surface area contributed by atoms with E-state index in [4.69, 9.17) is 4.74 Å². The highest BCUT2D eigenvalue weighted by molar-refractivity contribution is 6.24. The first-order chi connectivity index (χ1) is 8.45. The molecule has 0 unspecified atom stereocenters. The molecule has 1 aliphatic carbocycles. The number of methoxy groups -OCH3 is 1. The third-order valence-electron chi connectivity index (χ3n) is 2.96. The average molecular weight is 244 g/mol. The van der Waals surface area contributed by atoms with Crippen molar-refractivity contribution in [2.75, 3.05) is 7.11 Å². The molecule has 1 aromatic rings. The zero-order valence-corrected chi connectivity index (χ0v) is 10.4. The Kier molecular flexibility index (Phi) is 2.87. The number of carbonyl (C=O) groups is 3. The number of carbonyl (C=O) groups excluding carboxylic acids is 3. The number of ether oxygens (including phenoxy) is 1. The SMILES string of the molecule is COC1=CC(=O)c2cc(C(C)=O)c(C)cc2C1=O. The second-order valence-electron chi connectivity index (χ2n) is 4.17. The lowest BCUT2D eigenvalue weighted by Gasteiger charge is -2.16. The Bertz CT molecular complexity index is 608. The van der Waals surface area contributed by atoms with Gasteiger partial charge in [0.05, 0.1) is 7.11 Å². The lowest BCUT2D eigenvalue weighted by molar-refractivity contribution is 0.0916. The van der Waals surface area contributed by atoms with Gasteiger partial charge in [-0.1, -0.05) is 0 Å². The maximum atomic E-state index is 12.0. The van der Waals surface area contributed by atoms with Crippen LogP contribution in [0.2, 0.25) is 0 Å². The first-order valence-corrected chi connectivity index (χ1v) is 5.46. The molecule has 0 bridgehead atoms. The van der Waals surface area contributed by atoms with Crippen LogP contribution < -0.4 is 0 Å². The molecule has 0 radical (unpaired) electrons. The number of Topliss-reactive ketones (excluding diaryl/α,β-unsaturated/α-hetero) is 2. The number of fused-ring (bicyclic) bond motifs is 1. The van der Waals surface area contributed by atoms with Gasteiger partial charge in [-0.05, 0) is 31.5 Å². The van der Waals surface area contributed by atoms with Crippen LogP contribution in [0.1, 0.15) is 43.6 Å². The Morgan fingerprint density at radius 3 is 2.39 bits per heavy atom. The van der Waals surface area contributed by atoms with E-state index in [-0.39, 0.29) is 28.7 Å². The summed E-state index contributed by atoms with van der Waals surface area (Å²) in [6.07, 6.45) is 1.16. The van der Waals surface area contributed by atoms with Gasteiger partial charge in [0.1, 0.15) is 0 Å². The van der Waals surface area contributed by atoms with E-state index in [9.17, 15) is 14.4 Å². The van der Waals surface area contributed by atoms with Gasteiger partial charge < -0.3 is 4.74 Å². The number of rotatable bonds is 2.